The highest BCUT2D eigenvalue weighted by Gasteiger charge is 2.09. The summed E-state index contributed by atoms with van der Waals surface area (Å²) in [5, 5.41) is 2.62. The van der Waals surface area contributed by atoms with Crippen LogP contribution in [0.3, 0.4) is 0 Å². The van der Waals surface area contributed by atoms with Gasteiger partial charge in [0, 0.05) is 24.8 Å². The minimum Gasteiger partial charge on any atom is -0.317 e. The first kappa shape index (κ1) is 11.9. The standard InChI is InChI=1S/C12H9N7O/c20-11(10-14-2-1-3-15-10)18-9-6-16-12(17-7-9)19-5-4-13-8-19/h1-8H,(H,18,20). The molecule has 0 saturated heterocycles. The van der Waals surface area contributed by atoms with E-state index < -0.39 is 5.91 Å². The Morgan fingerprint density at radius 3 is 2.45 bits per heavy atom. The minimum atomic E-state index is -0.412. The summed E-state index contributed by atoms with van der Waals surface area (Å²) >= 11 is 0. The van der Waals surface area contributed by atoms with Gasteiger partial charge in [0.15, 0.2) is 0 Å². The molecule has 0 fully saturated rings. The summed E-state index contributed by atoms with van der Waals surface area (Å²) in [6.07, 6.45) is 11.0. The highest BCUT2D eigenvalue weighted by Crippen LogP contribution is 2.06. The third kappa shape index (κ3) is 2.48. The van der Waals surface area contributed by atoms with Crippen LogP contribution in [0, 0.1) is 0 Å². The van der Waals surface area contributed by atoms with Crippen molar-refractivity contribution in [3.63, 3.8) is 0 Å². The van der Waals surface area contributed by atoms with Crippen molar-refractivity contribution in [2.24, 2.45) is 0 Å². The number of hydrogen-bond donors (Lipinski definition) is 1. The highest BCUT2D eigenvalue weighted by atomic mass is 16.2. The Labute approximate surface area is 113 Å². The van der Waals surface area contributed by atoms with Crippen molar-refractivity contribution in [1.29, 1.82) is 0 Å². The number of amides is 1. The van der Waals surface area contributed by atoms with Crippen LogP contribution in [0.2, 0.25) is 0 Å². The lowest BCUT2D eigenvalue weighted by atomic mass is 10.4. The lowest BCUT2D eigenvalue weighted by Gasteiger charge is -2.04. The zero-order valence-corrected chi connectivity index (χ0v) is 10.2. The quantitative estimate of drug-likeness (QED) is 0.750. The molecule has 3 aromatic heterocycles. The number of nitrogens with zero attached hydrogens (tertiary/aromatic N) is 6. The molecule has 0 unspecified atom stereocenters. The molecule has 98 valence electrons. The fourth-order valence-electron chi connectivity index (χ4n) is 1.50. The molecule has 0 spiro atoms. The smallest absolute Gasteiger partial charge is 0.293 e. The Morgan fingerprint density at radius 1 is 1.05 bits per heavy atom. The normalized spacial score (nSPS) is 10.2. The summed E-state index contributed by atoms with van der Waals surface area (Å²) in [6, 6.07) is 1.64. The van der Waals surface area contributed by atoms with Gasteiger partial charge in [-0.2, -0.15) is 0 Å². The predicted octanol–water partition coefficient (Wildman–Crippen LogP) is 0.705. The molecule has 0 saturated carbocycles. The first-order valence-corrected chi connectivity index (χ1v) is 5.72. The van der Waals surface area contributed by atoms with Crippen LogP contribution in [-0.4, -0.2) is 35.4 Å². The fourth-order valence-corrected chi connectivity index (χ4v) is 1.50. The number of aromatic nitrogens is 6. The molecule has 0 bridgehead atoms. The first-order chi connectivity index (χ1) is 9.83. The van der Waals surface area contributed by atoms with E-state index in [9.17, 15) is 4.79 Å². The number of carbonyl (C=O) groups is 1. The van der Waals surface area contributed by atoms with Gasteiger partial charge in [0.2, 0.25) is 11.8 Å². The Morgan fingerprint density at radius 2 is 1.80 bits per heavy atom. The molecule has 8 heteroatoms. The molecule has 1 N–H and O–H groups in total. The van der Waals surface area contributed by atoms with E-state index in [0.717, 1.165) is 0 Å². The van der Waals surface area contributed by atoms with Gasteiger partial charge < -0.3 is 5.32 Å². The Bertz CT molecular complexity index is 694. The molecule has 8 nitrogen and oxygen atoms in total. The van der Waals surface area contributed by atoms with Crippen LogP contribution in [-0.2, 0) is 0 Å². The third-order valence-electron chi connectivity index (χ3n) is 2.40. The predicted molar refractivity (Wildman–Crippen MR) is 69.1 cm³/mol. The lowest BCUT2D eigenvalue weighted by Crippen LogP contribution is -2.15. The van der Waals surface area contributed by atoms with Crippen LogP contribution in [0.1, 0.15) is 10.6 Å². The number of anilines is 1. The van der Waals surface area contributed by atoms with Gasteiger partial charge in [-0.15, -0.1) is 0 Å². The molecule has 3 aromatic rings. The maximum atomic E-state index is 11.8. The van der Waals surface area contributed by atoms with Crippen molar-refractivity contribution in [1.82, 2.24) is 29.5 Å². The molecule has 3 heterocycles. The van der Waals surface area contributed by atoms with Crippen molar-refractivity contribution in [3.05, 3.63) is 55.4 Å². The van der Waals surface area contributed by atoms with E-state index in [0.29, 0.717) is 11.6 Å². The summed E-state index contributed by atoms with van der Waals surface area (Å²) in [7, 11) is 0. The van der Waals surface area contributed by atoms with E-state index in [1.807, 2.05) is 0 Å². The van der Waals surface area contributed by atoms with Crippen molar-refractivity contribution in [3.8, 4) is 5.95 Å². The van der Waals surface area contributed by atoms with Gasteiger partial charge in [0.05, 0.1) is 18.1 Å². The summed E-state index contributed by atoms with van der Waals surface area (Å²) in [6.45, 7) is 0. The lowest BCUT2D eigenvalue weighted by molar-refractivity contribution is 0.101. The molecule has 0 aliphatic heterocycles. The monoisotopic (exact) mass is 267 g/mol. The molecule has 0 atom stereocenters. The van der Waals surface area contributed by atoms with Crippen molar-refractivity contribution < 1.29 is 4.79 Å². The number of nitrogens with one attached hydrogen (secondary N) is 1. The minimum absolute atomic E-state index is 0.0891. The van der Waals surface area contributed by atoms with Gasteiger partial charge in [-0.1, -0.05) is 0 Å². The van der Waals surface area contributed by atoms with Gasteiger partial charge in [-0.3, -0.25) is 9.36 Å². The Kier molecular flexibility index (Phi) is 3.11. The van der Waals surface area contributed by atoms with Crippen LogP contribution in [0.4, 0.5) is 5.69 Å². The second-order valence-corrected chi connectivity index (χ2v) is 3.77. The zero-order chi connectivity index (χ0) is 13.8. The Balaban J connectivity index is 1.74. The van der Waals surface area contributed by atoms with Crippen LogP contribution < -0.4 is 5.32 Å². The maximum absolute atomic E-state index is 11.8. The van der Waals surface area contributed by atoms with Crippen LogP contribution in [0.5, 0.6) is 0 Å². The van der Waals surface area contributed by atoms with Gasteiger partial charge in [-0.05, 0) is 6.07 Å². The molecular weight excluding hydrogens is 258 g/mol. The molecule has 0 aliphatic carbocycles. The summed E-state index contributed by atoms with van der Waals surface area (Å²) in [4.78, 5) is 31.7. The third-order valence-corrected chi connectivity index (χ3v) is 2.40. The van der Waals surface area contributed by atoms with E-state index in [1.54, 1.807) is 29.4 Å². The van der Waals surface area contributed by atoms with E-state index in [1.165, 1.54) is 24.8 Å². The molecular formula is C12H9N7O. The van der Waals surface area contributed by atoms with Gasteiger partial charge in [-0.25, -0.2) is 24.9 Å². The number of imidazole rings is 1. The van der Waals surface area contributed by atoms with Gasteiger partial charge >= 0.3 is 0 Å². The number of rotatable bonds is 3. The van der Waals surface area contributed by atoms with Crippen molar-refractivity contribution in [2.45, 2.75) is 0 Å². The van der Waals surface area contributed by atoms with Crippen molar-refractivity contribution >= 4 is 11.6 Å². The first-order valence-electron chi connectivity index (χ1n) is 5.72. The molecule has 20 heavy (non-hydrogen) atoms. The van der Waals surface area contributed by atoms with Crippen LogP contribution in [0.25, 0.3) is 5.95 Å². The highest BCUT2D eigenvalue weighted by molar-refractivity contribution is 6.01. The van der Waals surface area contributed by atoms with Gasteiger partial charge in [0.25, 0.3) is 5.91 Å². The molecule has 1 amide bonds. The van der Waals surface area contributed by atoms with Crippen LogP contribution >= 0.6 is 0 Å². The average Bonchev–Trinajstić information content (AvgIpc) is 3.03. The molecule has 3 rings (SSSR count). The number of carbonyl (C=O) groups excluding carboxylic acids is 1. The second kappa shape index (κ2) is 5.22. The van der Waals surface area contributed by atoms with Crippen LogP contribution in [0.15, 0.2) is 49.6 Å². The average molecular weight is 267 g/mol. The Hall–Kier alpha value is -3.16. The largest absolute Gasteiger partial charge is 0.317 e. The fraction of sp³-hybridized carbons (Fsp3) is 0. The second-order valence-electron chi connectivity index (χ2n) is 3.77. The van der Waals surface area contributed by atoms with E-state index in [4.69, 9.17) is 0 Å². The summed E-state index contributed by atoms with van der Waals surface area (Å²) in [5.74, 6) is 0.146. The molecule has 0 aliphatic rings. The maximum Gasteiger partial charge on any atom is 0.293 e. The van der Waals surface area contributed by atoms with Crippen molar-refractivity contribution in [2.75, 3.05) is 5.32 Å². The SMILES string of the molecule is O=C(Nc1cnc(-n2ccnc2)nc1)c1ncccn1. The number of hydrogen-bond acceptors (Lipinski definition) is 6. The van der Waals surface area contributed by atoms with E-state index >= 15 is 0 Å². The van der Waals surface area contributed by atoms with E-state index in [-0.39, 0.29) is 5.82 Å². The van der Waals surface area contributed by atoms with E-state index in [2.05, 4.69) is 30.2 Å². The van der Waals surface area contributed by atoms with Gasteiger partial charge in [0.1, 0.15) is 6.33 Å². The molecule has 0 aromatic carbocycles. The summed E-state index contributed by atoms with van der Waals surface area (Å²) < 4.78 is 1.66. The summed E-state index contributed by atoms with van der Waals surface area (Å²) in [5.41, 5.74) is 0.464. The zero-order valence-electron chi connectivity index (χ0n) is 10.2. The molecule has 0 radical (unpaired) electrons. The topological polar surface area (TPSA) is 98.5 Å².